The van der Waals surface area contributed by atoms with Crippen molar-refractivity contribution in [1.29, 1.82) is 0 Å². The molecular formula is C16H11N3O5S. The van der Waals surface area contributed by atoms with Crippen molar-refractivity contribution in [3.63, 3.8) is 0 Å². The molecule has 8 nitrogen and oxygen atoms in total. The van der Waals surface area contributed by atoms with Gasteiger partial charge in [0.15, 0.2) is 6.29 Å². The maximum absolute atomic E-state index is 11.2. The van der Waals surface area contributed by atoms with E-state index in [0.29, 0.717) is 22.8 Å². The Balaban J connectivity index is 1.83. The molecule has 0 saturated carbocycles. The van der Waals surface area contributed by atoms with Crippen LogP contribution in [0, 0.1) is 10.1 Å². The molecule has 0 bridgehead atoms. The van der Waals surface area contributed by atoms with Gasteiger partial charge in [0.05, 0.1) is 12.0 Å². The molecule has 25 heavy (non-hydrogen) atoms. The fourth-order valence-electron chi connectivity index (χ4n) is 2.03. The van der Waals surface area contributed by atoms with Gasteiger partial charge in [-0.2, -0.15) is 0 Å². The van der Waals surface area contributed by atoms with Gasteiger partial charge in [-0.05, 0) is 42.1 Å². The summed E-state index contributed by atoms with van der Waals surface area (Å²) in [5.41, 5.74) is 0.749. The van der Waals surface area contributed by atoms with Crippen molar-refractivity contribution in [2.45, 2.75) is 10.1 Å². The number of ether oxygens (including phenoxy) is 1. The van der Waals surface area contributed by atoms with Crippen molar-refractivity contribution in [1.82, 2.24) is 10.2 Å². The van der Waals surface area contributed by atoms with E-state index in [-0.39, 0.29) is 16.5 Å². The van der Waals surface area contributed by atoms with Crippen LogP contribution < -0.4 is 4.74 Å². The van der Waals surface area contributed by atoms with Gasteiger partial charge in [-0.25, -0.2) is 0 Å². The Kier molecular flexibility index (Phi) is 4.75. The minimum Gasteiger partial charge on any atom is -0.497 e. The molecular weight excluding hydrogens is 346 g/mol. The number of nitro benzene ring substituents is 1. The second kappa shape index (κ2) is 7.14. The third-order valence-corrected chi connectivity index (χ3v) is 4.20. The molecule has 0 N–H and O–H groups in total. The van der Waals surface area contributed by atoms with Crippen LogP contribution >= 0.6 is 11.8 Å². The molecule has 0 saturated heterocycles. The standard InChI is InChI=1S/C16H11N3O5S/c1-23-13-5-2-10(3-6-13)15-17-18-16(24-15)25-14-7-4-12(19(21)22)8-11(14)9-20/h2-9H,1H3. The van der Waals surface area contributed by atoms with Crippen LogP contribution in [-0.4, -0.2) is 28.5 Å². The first-order valence-corrected chi connectivity index (χ1v) is 7.82. The molecule has 9 heteroatoms. The second-order valence-corrected chi connectivity index (χ2v) is 5.79. The van der Waals surface area contributed by atoms with Gasteiger partial charge < -0.3 is 9.15 Å². The minimum atomic E-state index is -0.560. The van der Waals surface area contributed by atoms with Crippen LogP contribution in [0.25, 0.3) is 11.5 Å². The summed E-state index contributed by atoms with van der Waals surface area (Å²) in [6, 6.07) is 11.1. The molecule has 0 aliphatic carbocycles. The van der Waals surface area contributed by atoms with Crippen molar-refractivity contribution in [2.24, 2.45) is 0 Å². The quantitative estimate of drug-likeness (QED) is 0.374. The Morgan fingerprint density at radius 2 is 1.96 bits per heavy atom. The number of carbonyl (C=O) groups is 1. The number of aldehydes is 1. The summed E-state index contributed by atoms with van der Waals surface area (Å²) in [5, 5.41) is 18.9. The van der Waals surface area contributed by atoms with Gasteiger partial charge in [0, 0.05) is 28.2 Å². The predicted octanol–water partition coefficient (Wildman–Crippen LogP) is 3.62. The van der Waals surface area contributed by atoms with Gasteiger partial charge in [0.2, 0.25) is 5.89 Å². The molecule has 0 aliphatic rings. The Morgan fingerprint density at radius 1 is 1.20 bits per heavy atom. The van der Waals surface area contributed by atoms with Crippen molar-refractivity contribution in [3.8, 4) is 17.2 Å². The van der Waals surface area contributed by atoms with Crippen LogP contribution in [0.15, 0.2) is 57.0 Å². The Bertz CT molecular complexity index is 924. The fourth-order valence-corrected chi connectivity index (χ4v) is 2.78. The minimum absolute atomic E-state index is 0.157. The summed E-state index contributed by atoms with van der Waals surface area (Å²) in [6.07, 6.45) is 0.552. The summed E-state index contributed by atoms with van der Waals surface area (Å²) in [5.74, 6) is 1.03. The second-order valence-electron chi connectivity index (χ2n) is 4.80. The third-order valence-electron chi connectivity index (χ3n) is 3.27. The zero-order valence-electron chi connectivity index (χ0n) is 12.9. The highest BCUT2D eigenvalue weighted by Gasteiger charge is 2.15. The summed E-state index contributed by atoms with van der Waals surface area (Å²) < 4.78 is 10.7. The van der Waals surface area contributed by atoms with E-state index >= 15 is 0 Å². The number of carbonyl (C=O) groups excluding carboxylic acids is 1. The molecule has 0 unspecified atom stereocenters. The lowest BCUT2D eigenvalue weighted by Crippen LogP contribution is -1.92. The number of benzene rings is 2. The van der Waals surface area contributed by atoms with E-state index in [0.717, 1.165) is 17.3 Å². The smallest absolute Gasteiger partial charge is 0.281 e. The first-order valence-electron chi connectivity index (χ1n) is 7.00. The molecule has 126 valence electrons. The van der Waals surface area contributed by atoms with Crippen LogP contribution in [0.2, 0.25) is 0 Å². The highest BCUT2D eigenvalue weighted by atomic mass is 32.2. The lowest BCUT2D eigenvalue weighted by Gasteiger charge is -2.01. The van der Waals surface area contributed by atoms with E-state index in [1.54, 1.807) is 31.4 Å². The molecule has 2 aromatic carbocycles. The first-order chi connectivity index (χ1) is 12.1. The maximum atomic E-state index is 11.2. The lowest BCUT2D eigenvalue weighted by atomic mass is 10.2. The number of hydrogen-bond acceptors (Lipinski definition) is 8. The monoisotopic (exact) mass is 357 g/mol. The molecule has 0 spiro atoms. The number of nitrogens with zero attached hydrogens (tertiary/aromatic N) is 3. The summed E-state index contributed by atoms with van der Waals surface area (Å²) >= 11 is 1.06. The zero-order valence-corrected chi connectivity index (χ0v) is 13.7. The van der Waals surface area contributed by atoms with Gasteiger partial charge in [0.1, 0.15) is 5.75 Å². The number of non-ortho nitro benzene ring substituents is 1. The molecule has 0 fully saturated rings. The third kappa shape index (κ3) is 3.66. The number of nitro groups is 1. The van der Waals surface area contributed by atoms with E-state index < -0.39 is 4.92 Å². The molecule has 1 aromatic heterocycles. The Hall–Kier alpha value is -3.20. The average Bonchev–Trinajstić information content (AvgIpc) is 3.10. The maximum Gasteiger partial charge on any atom is 0.281 e. The molecule has 3 rings (SSSR count). The highest BCUT2D eigenvalue weighted by molar-refractivity contribution is 7.99. The molecule has 0 atom stereocenters. The Labute approximate surface area is 146 Å². The van der Waals surface area contributed by atoms with Gasteiger partial charge in [-0.3, -0.25) is 14.9 Å². The van der Waals surface area contributed by atoms with E-state index in [1.165, 1.54) is 18.2 Å². The molecule has 0 amide bonds. The van der Waals surface area contributed by atoms with Gasteiger partial charge in [-0.1, -0.05) is 0 Å². The summed E-state index contributed by atoms with van der Waals surface area (Å²) in [7, 11) is 1.57. The van der Waals surface area contributed by atoms with Crippen molar-refractivity contribution in [3.05, 3.63) is 58.1 Å². The van der Waals surface area contributed by atoms with Crippen LogP contribution in [0.5, 0.6) is 5.75 Å². The van der Waals surface area contributed by atoms with Crippen molar-refractivity contribution < 1.29 is 18.9 Å². The van der Waals surface area contributed by atoms with Crippen LogP contribution in [-0.2, 0) is 0 Å². The van der Waals surface area contributed by atoms with E-state index in [9.17, 15) is 14.9 Å². The largest absolute Gasteiger partial charge is 0.497 e. The molecule has 0 aliphatic heterocycles. The van der Waals surface area contributed by atoms with Crippen molar-refractivity contribution >= 4 is 23.7 Å². The summed E-state index contributed by atoms with van der Waals surface area (Å²) in [6.45, 7) is 0. The number of aromatic nitrogens is 2. The number of rotatable bonds is 6. The molecule has 1 heterocycles. The number of hydrogen-bond donors (Lipinski definition) is 0. The SMILES string of the molecule is COc1ccc(-c2nnc(Sc3ccc([N+](=O)[O-])cc3C=O)o2)cc1. The lowest BCUT2D eigenvalue weighted by molar-refractivity contribution is -0.384. The van der Waals surface area contributed by atoms with Crippen LogP contribution in [0.3, 0.4) is 0 Å². The van der Waals surface area contributed by atoms with Gasteiger partial charge in [0.25, 0.3) is 10.9 Å². The predicted molar refractivity (Wildman–Crippen MR) is 88.9 cm³/mol. The average molecular weight is 357 g/mol. The Morgan fingerprint density at radius 3 is 2.60 bits per heavy atom. The van der Waals surface area contributed by atoms with Crippen molar-refractivity contribution in [2.75, 3.05) is 7.11 Å². The number of methoxy groups -OCH3 is 1. The van der Waals surface area contributed by atoms with E-state index in [4.69, 9.17) is 9.15 Å². The summed E-state index contributed by atoms with van der Waals surface area (Å²) in [4.78, 5) is 21.9. The highest BCUT2D eigenvalue weighted by Crippen LogP contribution is 2.32. The molecule has 0 radical (unpaired) electrons. The first kappa shape index (κ1) is 16.7. The fraction of sp³-hybridized carbons (Fsp3) is 0.0625. The normalized spacial score (nSPS) is 10.4. The molecule has 3 aromatic rings. The van der Waals surface area contributed by atoms with Gasteiger partial charge >= 0.3 is 0 Å². The zero-order chi connectivity index (χ0) is 17.8. The van der Waals surface area contributed by atoms with E-state index in [1.807, 2.05) is 0 Å². The van der Waals surface area contributed by atoms with E-state index in [2.05, 4.69) is 10.2 Å². The van der Waals surface area contributed by atoms with Gasteiger partial charge in [-0.15, -0.1) is 10.2 Å². The topological polar surface area (TPSA) is 108 Å². The van der Waals surface area contributed by atoms with Crippen LogP contribution in [0.4, 0.5) is 5.69 Å². The van der Waals surface area contributed by atoms with Crippen LogP contribution in [0.1, 0.15) is 10.4 Å².